The Kier molecular flexibility index (Phi) is 2.54. The number of rotatable bonds is 1. The maximum atomic E-state index is 6.09. The van der Waals surface area contributed by atoms with Gasteiger partial charge in [-0.15, -0.1) is 0 Å². The molecule has 92 valence electrons. The van der Waals surface area contributed by atoms with E-state index < -0.39 is 8.07 Å². The first kappa shape index (κ1) is 11.8. The van der Waals surface area contributed by atoms with Gasteiger partial charge in [-0.05, 0) is 34.8 Å². The van der Waals surface area contributed by atoms with Gasteiger partial charge in [0.2, 0.25) is 0 Å². The van der Waals surface area contributed by atoms with Gasteiger partial charge in [-0.1, -0.05) is 37.3 Å². The number of benzene rings is 2. The average molecular weight is 275 g/mol. The van der Waals surface area contributed by atoms with E-state index in [9.17, 15) is 0 Å². The summed E-state index contributed by atoms with van der Waals surface area (Å²) in [6, 6.07) is 10.3. The molecule has 1 nitrogen and oxygen atoms in total. The van der Waals surface area contributed by atoms with Crippen molar-refractivity contribution in [2.75, 3.05) is 0 Å². The van der Waals surface area contributed by atoms with E-state index in [2.05, 4.69) is 31.8 Å². The van der Waals surface area contributed by atoms with Gasteiger partial charge in [0, 0.05) is 15.8 Å². The highest BCUT2D eigenvalue weighted by molar-refractivity contribution is 6.90. The predicted octanol–water partition coefficient (Wildman–Crippen LogP) is 4.78. The molecule has 2 aromatic carbocycles. The van der Waals surface area contributed by atoms with Crippen LogP contribution in [0.4, 0.5) is 0 Å². The van der Waals surface area contributed by atoms with Crippen molar-refractivity contribution in [1.29, 1.82) is 0 Å². The minimum atomic E-state index is -1.40. The van der Waals surface area contributed by atoms with Crippen LogP contribution in [0.15, 0.2) is 41.0 Å². The summed E-state index contributed by atoms with van der Waals surface area (Å²) >= 11 is 6.09. The fourth-order valence-electron chi connectivity index (χ4n) is 2.44. The minimum Gasteiger partial charge on any atom is -0.464 e. The second kappa shape index (κ2) is 3.87. The fourth-order valence-corrected chi connectivity index (χ4v) is 4.22. The quantitative estimate of drug-likeness (QED) is 0.582. The summed E-state index contributed by atoms with van der Waals surface area (Å²) in [5, 5.41) is 5.77. The van der Waals surface area contributed by atoms with Crippen molar-refractivity contribution in [3.05, 3.63) is 41.6 Å². The number of furan rings is 1. The molecule has 0 atom stereocenters. The molecule has 0 aliphatic heterocycles. The van der Waals surface area contributed by atoms with E-state index in [1.54, 1.807) is 6.26 Å². The van der Waals surface area contributed by atoms with Crippen LogP contribution in [0.3, 0.4) is 0 Å². The van der Waals surface area contributed by atoms with E-state index in [4.69, 9.17) is 16.0 Å². The molecule has 0 N–H and O–H groups in total. The van der Waals surface area contributed by atoms with Crippen molar-refractivity contribution < 1.29 is 4.42 Å². The zero-order chi connectivity index (χ0) is 12.9. The summed E-state index contributed by atoms with van der Waals surface area (Å²) in [7, 11) is -1.40. The average Bonchev–Trinajstić information content (AvgIpc) is 2.74. The molecular weight excluding hydrogens is 260 g/mol. The zero-order valence-electron chi connectivity index (χ0n) is 10.8. The molecule has 0 saturated heterocycles. The van der Waals surface area contributed by atoms with Gasteiger partial charge in [0.05, 0.1) is 14.3 Å². The predicted molar refractivity (Wildman–Crippen MR) is 81.7 cm³/mol. The zero-order valence-corrected chi connectivity index (χ0v) is 12.5. The van der Waals surface area contributed by atoms with Crippen LogP contribution in [0, 0.1) is 0 Å². The molecule has 0 fully saturated rings. The Bertz CT molecular complexity index is 737. The number of fused-ring (bicyclic) bond motifs is 3. The van der Waals surface area contributed by atoms with Crippen molar-refractivity contribution >= 4 is 46.6 Å². The largest absolute Gasteiger partial charge is 0.464 e. The maximum absolute atomic E-state index is 6.09. The van der Waals surface area contributed by atoms with E-state index >= 15 is 0 Å². The lowest BCUT2D eigenvalue weighted by atomic mass is 10.1. The topological polar surface area (TPSA) is 13.1 Å². The van der Waals surface area contributed by atoms with Gasteiger partial charge in [-0.2, -0.15) is 0 Å². The van der Waals surface area contributed by atoms with Crippen LogP contribution >= 0.6 is 11.6 Å². The standard InChI is InChI=1S/C15H15ClOSi/c1-18(2,3)14-9-10-8-11(16)4-5-12(10)15-13(14)6-7-17-15/h4-9H,1-3H3. The molecule has 0 saturated carbocycles. The molecule has 0 aliphatic rings. The molecule has 0 radical (unpaired) electrons. The number of hydrogen-bond acceptors (Lipinski definition) is 1. The third kappa shape index (κ3) is 1.76. The van der Waals surface area contributed by atoms with Crippen molar-refractivity contribution in [3.63, 3.8) is 0 Å². The molecule has 0 spiro atoms. The Labute approximate surface area is 112 Å². The van der Waals surface area contributed by atoms with E-state index in [-0.39, 0.29) is 0 Å². The summed E-state index contributed by atoms with van der Waals surface area (Å²) in [6.45, 7) is 7.06. The molecule has 3 rings (SSSR count). The van der Waals surface area contributed by atoms with Crippen LogP contribution in [0.2, 0.25) is 24.7 Å². The molecule has 18 heavy (non-hydrogen) atoms. The number of hydrogen-bond donors (Lipinski definition) is 0. The first-order valence-electron chi connectivity index (χ1n) is 6.07. The molecule has 0 aliphatic carbocycles. The summed E-state index contributed by atoms with van der Waals surface area (Å²) in [4.78, 5) is 0. The van der Waals surface area contributed by atoms with Gasteiger partial charge in [-0.25, -0.2) is 0 Å². The number of halogens is 1. The van der Waals surface area contributed by atoms with Gasteiger partial charge in [0.25, 0.3) is 0 Å². The third-order valence-corrected chi connectivity index (χ3v) is 5.59. The monoisotopic (exact) mass is 274 g/mol. The van der Waals surface area contributed by atoms with Gasteiger partial charge < -0.3 is 4.42 Å². The van der Waals surface area contributed by atoms with Gasteiger partial charge in [0.15, 0.2) is 0 Å². The first-order valence-corrected chi connectivity index (χ1v) is 9.94. The Morgan fingerprint density at radius 2 is 1.78 bits per heavy atom. The van der Waals surface area contributed by atoms with Crippen molar-refractivity contribution in [2.24, 2.45) is 0 Å². The molecule has 0 unspecified atom stereocenters. The van der Waals surface area contributed by atoms with Crippen LogP contribution in [0.5, 0.6) is 0 Å². The summed E-state index contributed by atoms with van der Waals surface area (Å²) in [6.07, 6.45) is 1.78. The van der Waals surface area contributed by atoms with Crippen molar-refractivity contribution in [3.8, 4) is 0 Å². The van der Waals surface area contributed by atoms with Gasteiger partial charge >= 0.3 is 0 Å². The molecule has 0 bridgehead atoms. The highest BCUT2D eigenvalue weighted by Gasteiger charge is 2.21. The van der Waals surface area contributed by atoms with E-state index in [0.29, 0.717) is 0 Å². The Balaban J connectivity index is 2.51. The summed E-state index contributed by atoms with van der Waals surface area (Å²) in [5.74, 6) is 0. The lowest BCUT2D eigenvalue weighted by molar-refractivity contribution is 0.619. The van der Waals surface area contributed by atoms with Crippen LogP contribution in [-0.2, 0) is 0 Å². The Morgan fingerprint density at radius 1 is 1.00 bits per heavy atom. The van der Waals surface area contributed by atoms with E-state index in [0.717, 1.165) is 16.0 Å². The first-order chi connectivity index (χ1) is 8.47. The maximum Gasteiger partial charge on any atom is 0.141 e. The van der Waals surface area contributed by atoms with Crippen molar-refractivity contribution in [2.45, 2.75) is 19.6 Å². The van der Waals surface area contributed by atoms with Crippen LogP contribution in [0.1, 0.15) is 0 Å². The third-order valence-electron chi connectivity index (χ3n) is 3.32. The molecular formula is C15H15ClOSi. The highest BCUT2D eigenvalue weighted by Crippen LogP contribution is 2.28. The van der Waals surface area contributed by atoms with Gasteiger partial charge in [0.1, 0.15) is 5.58 Å². The minimum absolute atomic E-state index is 0.773. The molecule has 3 heteroatoms. The van der Waals surface area contributed by atoms with Crippen LogP contribution in [0.25, 0.3) is 21.7 Å². The van der Waals surface area contributed by atoms with Gasteiger partial charge in [-0.3, -0.25) is 0 Å². The Morgan fingerprint density at radius 3 is 2.50 bits per heavy atom. The molecule has 1 aromatic heterocycles. The second-order valence-electron chi connectivity index (χ2n) is 5.70. The van der Waals surface area contributed by atoms with Crippen molar-refractivity contribution in [1.82, 2.24) is 0 Å². The SMILES string of the molecule is C[Si](C)(C)c1cc2cc(Cl)ccc2c2occc12. The molecule has 3 aromatic rings. The molecule has 1 heterocycles. The normalized spacial score (nSPS) is 12.4. The Hall–Kier alpha value is -1.25. The lowest BCUT2D eigenvalue weighted by Crippen LogP contribution is -2.37. The van der Waals surface area contributed by atoms with E-state index in [1.165, 1.54) is 16.0 Å². The van der Waals surface area contributed by atoms with E-state index in [1.807, 2.05) is 18.2 Å². The smallest absolute Gasteiger partial charge is 0.141 e. The fraction of sp³-hybridized carbons (Fsp3) is 0.200. The summed E-state index contributed by atoms with van der Waals surface area (Å²) in [5.41, 5.74) is 0.988. The van der Waals surface area contributed by atoms with Crippen LogP contribution in [-0.4, -0.2) is 8.07 Å². The van der Waals surface area contributed by atoms with Crippen LogP contribution < -0.4 is 5.19 Å². The lowest BCUT2D eigenvalue weighted by Gasteiger charge is -2.18. The highest BCUT2D eigenvalue weighted by atomic mass is 35.5. The second-order valence-corrected chi connectivity index (χ2v) is 11.2. The molecule has 0 amide bonds. The summed E-state index contributed by atoms with van der Waals surface area (Å²) < 4.78 is 5.69.